The number of likely N-dealkylation sites (tertiary alicyclic amines) is 1. The van der Waals surface area contributed by atoms with Crippen LogP contribution >= 0.6 is 0 Å². The number of hydrogen-bond acceptors (Lipinski definition) is 3. The van der Waals surface area contributed by atoms with Gasteiger partial charge in [0.25, 0.3) is 5.91 Å². The number of alkyl halides is 3. The van der Waals surface area contributed by atoms with Crippen LogP contribution in [0.3, 0.4) is 0 Å². The second-order valence-corrected chi connectivity index (χ2v) is 6.36. The largest absolute Gasteiger partial charge is 0.433 e. The van der Waals surface area contributed by atoms with Crippen LogP contribution in [0.5, 0.6) is 0 Å². The third-order valence-corrected chi connectivity index (χ3v) is 4.22. The van der Waals surface area contributed by atoms with Gasteiger partial charge < -0.3 is 10.0 Å². The lowest BCUT2D eigenvalue weighted by Gasteiger charge is -2.30. The molecule has 1 fully saturated rings. The Morgan fingerprint density at radius 1 is 1.33 bits per heavy atom. The Balaban J connectivity index is 2.27. The molecule has 1 amide bonds. The first-order valence-corrected chi connectivity index (χ1v) is 6.48. The van der Waals surface area contributed by atoms with Gasteiger partial charge in [0.05, 0.1) is 12.1 Å². The topological polar surface area (TPSA) is 58.4 Å². The zero-order valence-electron chi connectivity index (χ0n) is 12.3. The minimum absolute atomic E-state index is 0.0662. The quantitative estimate of drug-likeness (QED) is 0.858. The van der Waals surface area contributed by atoms with Crippen LogP contribution in [0, 0.1) is 5.41 Å². The maximum atomic E-state index is 12.7. The van der Waals surface area contributed by atoms with Crippen LogP contribution in [0.4, 0.5) is 13.2 Å². The zero-order chi connectivity index (χ0) is 16.2. The number of hydrogen-bond donors (Lipinski definition) is 1. The molecular weight excluding hydrogens is 287 g/mol. The number of halogens is 3. The maximum Gasteiger partial charge on any atom is 0.433 e. The first-order chi connectivity index (χ1) is 9.35. The van der Waals surface area contributed by atoms with Gasteiger partial charge in [0.15, 0.2) is 5.69 Å². The van der Waals surface area contributed by atoms with Gasteiger partial charge in [-0.1, -0.05) is 13.8 Å². The van der Waals surface area contributed by atoms with Crippen LogP contribution < -0.4 is 0 Å². The number of carbonyl (C=O) groups excluding carboxylic acids is 1. The highest BCUT2D eigenvalue weighted by atomic mass is 19.4. The van der Waals surface area contributed by atoms with Crippen LogP contribution in [-0.4, -0.2) is 44.4 Å². The monoisotopic (exact) mass is 305 g/mol. The van der Waals surface area contributed by atoms with E-state index in [4.69, 9.17) is 0 Å². The highest BCUT2D eigenvalue weighted by Crippen LogP contribution is 2.39. The summed E-state index contributed by atoms with van der Waals surface area (Å²) in [7, 11) is 1.14. The summed E-state index contributed by atoms with van der Waals surface area (Å²) >= 11 is 0. The van der Waals surface area contributed by atoms with Gasteiger partial charge in [0, 0.05) is 25.1 Å². The molecule has 1 atom stereocenters. The van der Waals surface area contributed by atoms with Crippen molar-refractivity contribution < 1.29 is 23.1 Å². The summed E-state index contributed by atoms with van der Waals surface area (Å²) in [6.07, 6.45) is -4.56. The van der Waals surface area contributed by atoms with Gasteiger partial charge in [-0.25, -0.2) is 0 Å². The molecule has 118 valence electrons. The van der Waals surface area contributed by atoms with Crippen LogP contribution in [0.1, 0.15) is 37.0 Å². The van der Waals surface area contributed by atoms with Crippen LogP contribution in [0.15, 0.2) is 6.07 Å². The molecule has 0 radical (unpaired) electrons. The predicted octanol–water partition coefficient (Wildman–Crippen LogP) is 1.67. The van der Waals surface area contributed by atoms with Crippen LogP contribution in [-0.2, 0) is 13.2 Å². The summed E-state index contributed by atoms with van der Waals surface area (Å²) < 4.78 is 38.8. The number of aromatic nitrogens is 2. The fraction of sp³-hybridized carbons (Fsp3) is 0.692. The molecule has 1 aromatic rings. The number of aryl methyl sites for hydroxylation is 1. The van der Waals surface area contributed by atoms with Gasteiger partial charge >= 0.3 is 6.18 Å². The molecule has 1 aliphatic heterocycles. The number of β-amino-alcohol motifs (C(OH)–C–C–N with tert-alkyl or cyclic N) is 1. The van der Waals surface area contributed by atoms with Crippen molar-refractivity contribution in [1.29, 1.82) is 0 Å². The summed E-state index contributed by atoms with van der Waals surface area (Å²) in [4.78, 5) is 13.6. The highest BCUT2D eigenvalue weighted by Gasteiger charge is 2.49. The molecule has 2 heterocycles. The molecule has 0 saturated carbocycles. The van der Waals surface area contributed by atoms with Gasteiger partial charge in [-0.05, 0) is 6.92 Å². The van der Waals surface area contributed by atoms with E-state index < -0.39 is 28.8 Å². The third-order valence-electron chi connectivity index (χ3n) is 4.22. The minimum Gasteiger partial charge on any atom is -0.388 e. The fourth-order valence-electron chi connectivity index (χ4n) is 2.43. The number of rotatable bonds is 1. The molecule has 1 aromatic heterocycles. The first kappa shape index (κ1) is 15.8. The Bertz CT molecular complexity index is 560. The summed E-state index contributed by atoms with van der Waals surface area (Å²) in [5, 5.41) is 13.9. The molecule has 8 heteroatoms. The lowest BCUT2D eigenvalue weighted by Crippen LogP contribution is -2.40. The highest BCUT2D eigenvalue weighted by molar-refractivity contribution is 5.92. The van der Waals surface area contributed by atoms with Crippen molar-refractivity contribution in [2.75, 3.05) is 13.1 Å². The number of carbonyl (C=O) groups is 1. The Morgan fingerprint density at radius 2 is 1.90 bits per heavy atom. The van der Waals surface area contributed by atoms with E-state index in [0.717, 1.165) is 13.1 Å². The number of nitrogens with zero attached hydrogens (tertiary/aromatic N) is 3. The van der Waals surface area contributed by atoms with Gasteiger partial charge in [0.2, 0.25) is 0 Å². The van der Waals surface area contributed by atoms with Crippen molar-refractivity contribution in [2.24, 2.45) is 12.5 Å². The van der Waals surface area contributed by atoms with Crippen molar-refractivity contribution in [1.82, 2.24) is 14.7 Å². The normalized spacial score (nSPS) is 25.4. The lowest BCUT2D eigenvalue weighted by atomic mass is 9.79. The van der Waals surface area contributed by atoms with E-state index in [1.54, 1.807) is 20.8 Å². The smallest absolute Gasteiger partial charge is 0.388 e. The number of aliphatic hydroxyl groups is 1. The third kappa shape index (κ3) is 2.64. The van der Waals surface area contributed by atoms with Crippen molar-refractivity contribution in [3.05, 3.63) is 17.5 Å². The number of amides is 1. The molecule has 0 aromatic carbocycles. The van der Waals surface area contributed by atoms with Crippen molar-refractivity contribution in [3.8, 4) is 0 Å². The molecule has 0 unspecified atom stereocenters. The van der Waals surface area contributed by atoms with Gasteiger partial charge in [-0.2, -0.15) is 18.3 Å². The standard InChI is InChI=1S/C13H18F3N3O2/c1-11(2)6-19(7-12(11,3)21)10(20)8-5-9(13(14,15)16)18(4)17-8/h5,21H,6-7H2,1-4H3/t12-/m1/s1. The molecule has 0 aliphatic carbocycles. The van der Waals surface area contributed by atoms with E-state index in [1.165, 1.54) is 4.90 Å². The molecule has 0 spiro atoms. The van der Waals surface area contributed by atoms with Crippen molar-refractivity contribution in [2.45, 2.75) is 32.5 Å². The van der Waals surface area contributed by atoms with E-state index in [0.29, 0.717) is 4.68 Å². The van der Waals surface area contributed by atoms with E-state index in [9.17, 15) is 23.1 Å². The van der Waals surface area contributed by atoms with E-state index >= 15 is 0 Å². The second kappa shape index (κ2) is 4.46. The van der Waals surface area contributed by atoms with E-state index in [1.807, 2.05) is 0 Å². The average Bonchev–Trinajstić information content (AvgIpc) is 2.76. The predicted molar refractivity (Wildman–Crippen MR) is 68.5 cm³/mol. The summed E-state index contributed by atoms with van der Waals surface area (Å²) in [6, 6.07) is 0.738. The molecule has 1 aliphatic rings. The van der Waals surface area contributed by atoms with Gasteiger partial charge in [0.1, 0.15) is 5.69 Å². The van der Waals surface area contributed by atoms with E-state index in [2.05, 4.69) is 5.10 Å². The second-order valence-electron chi connectivity index (χ2n) is 6.36. The SMILES string of the molecule is Cn1nc(C(=O)N2CC(C)(C)[C@](C)(O)C2)cc1C(F)(F)F. The molecule has 5 nitrogen and oxygen atoms in total. The molecular formula is C13H18F3N3O2. The Morgan fingerprint density at radius 3 is 2.29 bits per heavy atom. The fourth-order valence-corrected chi connectivity index (χ4v) is 2.43. The minimum atomic E-state index is -4.56. The maximum absolute atomic E-state index is 12.7. The van der Waals surface area contributed by atoms with E-state index in [-0.39, 0.29) is 18.8 Å². The zero-order valence-corrected chi connectivity index (χ0v) is 12.3. The Labute approximate surface area is 120 Å². The first-order valence-electron chi connectivity index (χ1n) is 6.48. The van der Waals surface area contributed by atoms with Gasteiger partial charge in [-0.3, -0.25) is 9.48 Å². The van der Waals surface area contributed by atoms with Gasteiger partial charge in [-0.15, -0.1) is 0 Å². The summed E-state index contributed by atoms with van der Waals surface area (Å²) in [5.74, 6) is -0.605. The van der Waals surface area contributed by atoms with Crippen LogP contribution in [0.2, 0.25) is 0 Å². The lowest BCUT2D eigenvalue weighted by molar-refractivity contribution is -0.143. The summed E-state index contributed by atoms with van der Waals surface area (Å²) in [5.41, 5.74) is -2.87. The van der Waals surface area contributed by atoms with Crippen molar-refractivity contribution >= 4 is 5.91 Å². The molecule has 1 saturated heterocycles. The average molecular weight is 305 g/mol. The molecule has 2 rings (SSSR count). The molecule has 1 N–H and O–H groups in total. The Hall–Kier alpha value is -1.57. The van der Waals surface area contributed by atoms with Crippen molar-refractivity contribution in [3.63, 3.8) is 0 Å². The van der Waals surface area contributed by atoms with Crippen LogP contribution in [0.25, 0.3) is 0 Å². The molecule has 21 heavy (non-hydrogen) atoms. The molecule has 0 bridgehead atoms. The summed E-state index contributed by atoms with van der Waals surface area (Å²) in [6.45, 7) is 5.55. The Kier molecular flexibility index (Phi) is 3.36.